The predicted octanol–water partition coefficient (Wildman–Crippen LogP) is 2.54. The number of hydrogen-bond donors (Lipinski definition) is 0. The molecule has 1 amide bonds. The SMILES string of the molecule is CC(C)(C)OC(=O)N1CC2CCC(C1)N2c1cc(C#N)ccn1. The number of piperazine rings is 1. The summed E-state index contributed by atoms with van der Waals surface area (Å²) in [6, 6.07) is 6.17. The Morgan fingerprint density at radius 3 is 2.57 bits per heavy atom. The Bertz CT molecular complexity index is 633. The third kappa shape index (κ3) is 3.24. The molecule has 0 aromatic carbocycles. The summed E-state index contributed by atoms with van der Waals surface area (Å²) in [5.41, 5.74) is 0.139. The molecule has 0 saturated carbocycles. The molecule has 0 spiro atoms. The Balaban J connectivity index is 1.75. The lowest BCUT2D eigenvalue weighted by Crippen LogP contribution is -2.56. The van der Waals surface area contributed by atoms with E-state index in [2.05, 4.69) is 16.0 Å². The summed E-state index contributed by atoms with van der Waals surface area (Å²) in [7, 11) is 0. The number of hydrogen-bond acceptors (Lipinski definition) is 5. The molecule has 2 aliphatic rings. The van der Waals surface area contributed by atoms with Crippen LogP contribution in [0.2, 0.25) is 0 Å². The molecule has 6 nitrogen and oxygen atoms in total. The lowest BCUT2D eigenvalue weighted by molar-refractivity contribution is 0.0209. The smallest absolute Gasteiger partial charge is 0.410 e. The zero-order chi connectivity index (χ0) is 16.6. The van der Waals surface area contributed by atoms with Gasteiger partial charge in [-0.05, 0) is 45.7 Å². The summed E-state index contributed by atoms with van der Waals surface area (Å²) in [4.78, 5) is 20.8. The van der Waals surface area contributed by atoms with Gasteiger partial charge in [-0.3, -0.25) is 0 Å². The van der Waals surface area contributed by atoms with Gasteiger partial charge in [0, 0.05) is 31.4 Å². The van der Waals surface area contributed by atoms with Crippen LogP contribution < -0.4 is 4.90 Å². The summed E-state index contributed by atoms with van der Waals surface area (Å²) in [5, 5.41) is 9.07. The highest BCUT2D eigenvalue weighted by Crippen LogP contribution is 2.34. The Morgan fingerprint density at radius 1 is 1.35 bits per heavy atom. The highest BCUT2D eigenvalue weighted by Gasteiger charge is 2.43. The lowest BCUT2D eigenvalue weighted by atomic mass is 10.1. The number of carbonyl (C=O) groups is 1. The van der Waals surface area contributed by atoms with Gasteiger partial charge < -0.3 is 14.5 Å². The van der Waals surface area contributed by atoms with Crippen LogP contribution in [0.25, 0.3) is 0 Å². The number of amides is 1. The molecule has 3 rings (SSSR count). The molecular weight excluding hydrogens is 292 g/mol. The van der Waals surface area contributed by atoms with Crippen molar-refractivity contribution in [2.75, 3.05) is 18.0 Å². The first-order chi connectivity index (χ1) is 10.9. The van der Waals surface area contributed by atoms with Gasteiger partial charge in [-0.2, -0.15) is 5.26 Å². The van der Waals surface area contributed by atoms with Crippen molar-refractivity contribution in [1.82, 2.24) is 9.88 Å². The van der Waals surface area contributed by atoms with E-state index in [0.29, 0.717) is 18.7 Å². The Morgan fingerprint density at radius 2 is 2.00 bits per heavy atom. The van der Waals surface area contributed by atoms with Crippen LogP contribution in [0, 0.1) is 11.3 Å². The number of anilines is 1. The zero-order valence-electron chi connectivity index (χ0n) is 13.8. The molecule has 2 saturated heterocycles. The standard InChI is InChI=1S/C17H22N4O2/c1-17(2,3)23-16(22)20-10-13-4-5-14(11-20)21(13)15-8-12(9-18)6-7-19-15/h6-8,13-14H,4-5,10-11H2,1-3H3. The van der Waals surface area contributed by atoms with Gasteiger partial charge in [0.05, 0.1) is 11.6 Å². The second-order valence-corrected chi connectivity index (χ2v) is 7.19. The van der Waals surface area contributed by atoms with Crippen LogP contribution in [0.4, 0.5) is 10.6 Å². The summed E-state index contributed by atoms with van der Waals surface area (Å²) in [5.74, 6) is 0.834. The number of carbonyl (C=O) groups excluding carboxylic acids is 1. The van der Waals surface area contributed by atoms with Crippen molar-refractivity contribution in [2.24, 2.45) is 0 Å². The average Bonchev–Trinajstić information content (AvgIpc) is 2.75. The van der Waals surface area contributed by atoms with Gasteiger partial charge in [-0.1, -0.05) is 0 Å². The zero-order valence-corrected chi connectivity index (χ0v) is 13.8. The molecule has 2 unspecified atom stereocenters. The maximum atomic E-state index is 12.3. The monoisotopic (exact) mass is 314 g/mol. The summed E-state index contributed by atoms with van der Waals surface area (Å²) < 4.78 is 5.49. The van der Waals surface area contributed by atoms with Gasteiger partial charge in [-0.25, -0.2) is 9.78 Å². The minimum Gasteiger partial charge on any atom is -0.444 e. The Hall–Kier alpha value is -2.29. The molecule has 0 radical (unpaired) electrons. The Kier molecular flexibility index (Phi) is 3.88. The number of rotatable bonds is 1. The quantitative estimate of drug-likeness (QED) is 0.796. The highest BCUT2D eigenvalue weighted by atomic mass is 16.6. The fourth-order valence-electron chi connectivity index (χ4n) is 3.38. The van der Waals surface area contributed by atoms with Crippen LogP contribution in [-0.4, -0.2) is 46.8 Å². The van der Waals surface area contributed by atoms with Gasteiger partial charge in [0.1, 0.15) is 11.4 Å². The molecule has 6 heteroatoms. The summed E-state index contributed by atoms with van der Waals surface area (Å²) >= 11 is 0. The van der Waals surface area contributed by atoms with Crippen molar-refractivity contribution in [1.29, 1.82) is 5.26 Å². The molecule has 1 aromatic heterocycles. The van der Waals surface area contributed by atoms with Crippen molar-refractivity contribution in [3.63, 3.8) is 0 Å². The van der Waals surface area contributed by atoms with Crippen LogP contribution >= 0.6 is 0 Å². The fourth-order valence-corrected chi connectivity index (χ4v) is 3.38. The van der Waals surface area contributed by atoms with Crippen LogP contribution in [0.3, 0.4) is 0 Å². The first-order valence-corrected chi connectivity index (χ1v) is 8.00. The molecular formula is C17H22N4O2. The maximum absolute atomic E-state index is 12.3. The van der Waals surface area contributed by atoms with E-state index in [4.69, 9.17) is 10.00 Å². The van der Waals surface area contributed by atoms with Gasteiger partial charge in [-0.15, -0.1) is 0 Å². The van der Waals surface area contributed by atoms with E-state index in [0.717, 1.165) is 18.7 Å². The molecule has 3 heterocycles. The van der Waals surface area contributed by atoms with Crippen LogP contribution in [-0.2, 0) is 4.74 Å². The fraction of sp³-hybridized carbons (Fsp3) is 0.588. The second kappa shape index (κ2) is 5.73. The number of aromatic nitrogens is 1. The number of fused-ring (bicyclic) bond motifs is 2. The average molecular weight is 314 g/mol. The van der Waals surface area contributed by atoms with Crippen molar-refractivity contribution in [3.8, 4) is 6.07 Å². The number of pyridine rings is 1. The molecule has 122 valence electrons. The van der Waals surface area contributed by atoms with Gasteiger partial charge >= 0.3 is 6.09 Å². The van der Waals surface area contributed by atoms with E-state index < -0.39 is 5.60 Å². The minimum absolute atomic E-state index is 0.239. The lowest BCUT2D eigenvalue weighted by Gasteiger charge is -2.41. The normalized spacial score (nSPS) is 23.6. The third-order valence-corrected chi connectivity index (χ3v) is 4.27. The first-order valence-electron chi connectivity index (χ1n) is 8.00. The maximum Gasteiger partial charge on any atom is 0.410 e. The van der Waals surface area contributed by atoms with E-state index >= 15 is 0 Å². The van der Waals surface area contributed by atoms with Crippen LogP contribution in [0.1, 0.15) is 39.2 Å². The number of ether oxygens (including phenoxy) is 1. The molecule has 23 heavy (non-hydrogen) atoms. The Labute approximate surface area is 136 Å². The third-order valence-electron chi connectivity index (χ3n) is 4.27. The van der Waals surface area contributed by atoms with E-state index in [1.807, 2.05) is 26.8 Å². The minimum atomic E-state index is -0.476. The highest BCUT2D eigenvalue weighted by molar-refractivity contribution is 5.69. The molecule has 0 aliphatic carbocycles. The summed E-state index contributed by atoms with van der Waals surface area (Å²) in [6.45, 7) is 6.93. The van der Waals surface area contributed by atoms with E-state index in [1.165, 1.54) is 0 Å². The van der Waals surface area contributed by atoms with Gasteiger partial charge in [0.2, 0.25) is 0 Å². The molecule has 2 aliphatic heterocycles. The van der Waals surface area contributed by atoms with E-state index in [1.54, 1.807) is 17.2 Å². The number of nitriles is 1. The van der Waals surface area contributed by atoms with Crippen molar-refractivity contribution < 1.29 is 9.53 Å². The van der Waals surface area contributed by atoms with E-state index in [9.17, 15) is 4.79 Å². The molecule has 0 N–H and O–H groups in total. The second-order valence-electron chi connectivity index (χ2n) is 7.19. The van der Waals surface area contributed by atoms with Gasteiger partial charge in [0.15, 0.2) is 0 Å². The topological polar surface area (TPSA) is 69.5 Å². The van der Waals surface area contributed by atoms with Crippen molar-refractivity contribution >= 4 is 11.9 Å². The largest absolute Gasteiger partial charge is 0.444 e. The predicted molar refractivity (Wildman–Crippen MR) is 86.0 cm³/mol. The molecule has 2 fully saturated rings. The molecule has 2 bridgehead atoms. The number of nitrogens with zero attached hydrogens (tertiary/aromatic N) is 4. The summed E-state index contributed by atoms with van der Waals surface area (Å²) in [6.07, 6.45) is 3.49. The first kappa shape index (κ1) is 15.6. The van der Waals surface area contributed by atoms with Crippen molar-refractivity contribution in [3.05, 3.63) is 23.9 Å². The van der Waals surface area contributed by atoms with Crippen LogP contribution in [0.5, 0.6) is 0 Å². The van der Waals surface area contributed by atoms with E-state index in [-0.39, 0.29) is 18.2 Å². The molecule has 2 atom stereocenters. The molecule has 1 aromatic rings. The van der Waals surface area contributed by atoms with Crippen LogP contribution in [0.15, 0.2) is 18.3 Å². The van der Waals surface area contributed by atoms with Crippen molar-refractivity contribution in [2.45, 2.75) is 51.3 Å². The van der Waals surface area contributed by atoms with Gasteiger partial charge in [0.25, 0.3) is 0 Å². The number of likely N-dealkylation sites (tertiary alicyclic amines) is 1.